The standard InChI is InChI=1S/C28H37N3O3/c1-19(2)28(22-9-7-6-8-10-22)25-17-24(34-5)15-16-26(25)30(27(33)31(29-28)20(3)4)23-13-11-21(18-32)12-14-23/h11-20,22,29H,6-10H2,1-5H3. The van der Waals surface area contributed by atoms with Crippen LogP contribution in [0.4, 0.5) is 16.2 Å². The highest BCUT2D eigenvalue weighted by Crippen LogP contribution is 2.51. The molecule has 2 aliphatic rings. The number of urea groups is 1. The summed E-state index contributed by atoms with van der Waals surface area (Å²) in [6, 6.07) is 13.1. The minimum Gasteiger partial charge on any atom is -0.497 e. The van der Waals surface area contributed by atoms with E-state index < -0.39 is 5.54 Å². The number of carbonyl (C=O) groups excluding carboxylic acids is 2. The number of ether oxygens (including phenoxy) is 1. The Morgan fingerprint density at radius 3 is 2.26 bits per heavy atom. The number of nitrogens with one attached hydrogen (secondary N) is 1. The van der Waals surface area contributed by atoms with Crippen molar-refractivity contribution in [1.29, 1.82) is 0 Å². The van der Waals surface area contributed by atoms with Crippen LogP contribution in [0.1, 0.15) is 75.7 Å². The lowest BCUT2D eigenvalue weighted by atomic mass is 9.65. The van der Waals surface area contributed by atoms with E-state index >= 15 is 0 Å². The van der Waals surface area contributed by atoms with E-state index in [-0.39, 0.29) is 18.0 Å². The van der Waals surface area contributed by atoms with Crippen LogP contribution in [0.2, 0.25) is 0 Å². The molecule has 0 spiro atoms. The topological polar surface area (TPSA) is 61.9 Å². The molecule has 1 aliphatic carbocycles. The quantitative estimate of drug-likeness (QED) is 0.502. The molecule has 0 saturated heterocycles. The molecule has 1 saturated carbocycles. The summed E-state index contributed by atoms with van der Waals surface area (Å²) in [4.78, 5) is 27.2. The molecule has 182 valence electrons. The smallest absolute Gasteiger partial charge is 0.343 e. The molecule has 2 amide bonds. The average Bonchev–Trinajstić information content (AvgIpc) is 2.97. The summed E-state index contributed by atoms with van der Waals surface area (Å²) in [6.45, 7) is 8.59. The van der Waals surface area contributed by atoms with Gasteiger partial charge < -0.3 is 4.74 Å². The van der Waals surface area contributed by atoms with Crippen LogP contribution >= 0.6 is 0 Å². The van der Waals surface area contributed by atoms with Crippen LogP contribution in [0.25, 0.3) is 0 Å². The van der Waals surface area contributed by atoms with Gasteiger partial charge in [-0.25, -0.2) is 10.2 Å². The third-order valence-electron chi connectivity index (χ3n) is 7.56. The van der Waals surface area contributed by atoms with Gasteiger partial charge in [0, 0.05) is 17.2 Å². The molecule has 0 radical (unpaired) electrons. The minimum atomic E-state index is -0.429. The number of hydrogen-bond acceptors (Lipinski definition) is 4. The molecule has 0 aromatic heterocycles. The minimum absolute atomic E-state index is 0.0535. The highest BCUT2D eigenvalue weighted by Gasteiger charge is 2.50. The summed E-state index contributed by atoms with van der Waals surface area (Å²) in [6.07, 6.45) is 6.73. The van der Waals surface area contributed by atoms with Gasteiger partial charge in [-0.15, -0.1) is 0 Å². The first-order valence-electron chi connectivity index (χ1n) is 12.5. The van der Waals surface area contributed by atoms with E-state index in [0.717, 1.165) is 41.8 Å². The van der Waals surface area contributed by atoms with Crippen molar-refractivity contribution >= 4 is 23.7 Å². The molecule has 0 bridgehead atoms. The molecule has 1 fully saturated rings. The fraction of sp³-hybridized carbons (Fsp3) is 0.500. The van der Waals surface area contributed by atoms with Crippen LogP contribution in [0, 0.1) is 11.8 Å². The van der Waals surface area contributed by atoms with Crippen molar-refractivity contribution in [3.05, 3.63) is 53.6 Å². The number of rotatable bonds is 6. The van der Waals surface area contributed by atoms with E-state index in [4.69, 9.17) is 4.74 Å². The van der Waals surface area contributed by atoms with Crippen LogP contribution in [0.15, 0.2) is 42.5 Å². The number of benzene rings is 2. The molecule has 34 heavy (non-hydrogen) atoms. The number of amides is 2. The average molecular weight is 464 g/mol. The number of fused-ring (bicyclic) bond motifs is 1. The van der Waals surface area contributed by atoms with Crippen molar-refractivity contribution in [2.75, 3.05) is 12.0 Å². The molecule has 6 heteroatoms. The second-order valence-electron chi connectivity index (χ2n) is 10.1. The summed E-state index contributed by atoms with van der Waals surface area (Å²) in [5.74, 6) is 1.40. The number of methoxy groups -OCH3 is 1. The molecule has 1 aliphatic heterocycles. The van der Waals surface area contributed by atoms with Gasteiger partial charge in [-0.3, -0.25) is 14.7 Å². The monoisotopic (exact) mass is 463 g/mol. The molecule has 4 rings (SSSR count). The number of aldehydes is 1. The molecule has 1 atom stereocenters. The van der Waals surface area contributed by atoms with E-state index in [9.17, 15) is 9.59 Å². The van der Waals surface area contributed by atoms with Crippen LogP contribution in [-0.4, -0.2) is 30.5 Å². The lowest BCUT2D eigenvalue weighted by Crippen LogP contribution is -2.62. The number of hydrogen-bond donors (Lipinski definition) is 1. The first-order valence-corrected chi connectivity index (χ1v) is 12.5. The molecule has 1 heterocycles. The molecule has 1 unspecified atom stereocenters. The van der Waals surface area contributed by atoms with Crippen molar-refractivity contribution in [2.45, 2.75) is 71.4 Å². The van der Waals surface area contributed by atoms with E-state index in [1.54, 1.807) is 29.2 Å². The highest BCUT2D eigenvalue weighted by atomic mass is 16.5. The van der Waals surface area contributed by atoms with E-state index in [1.807, 2.05) is 38.1 Å². The normalized spacial score (nSPS) is 21.6. The first kappa shape index (κ1) is 24.3. The summed E-state index contributed by atoms with van der Waals surface area (Å²) in [5, 5.41) is 1.80. The van der Waals surface area contributed by atoms with Crippen molar-refractivity contribution in [3.63, 3.8) is 0 Å². The Hall–Kier alpha value is -2.86. The van der Waals surface area contributed by atoms with Gasteiger partial charge in [-0.05, 0) is 81.0 Å². The maximum absolute atomic E-state index is 14.1. The second kappa shape index (κ2) is 9.79. The van der Waals surface area contributed by atoms with Gasteiger partial charge in [0.25, 0.3) is 0 Å². The summed E-state index contributed by atoms with van der Waals surface area (Å²) in [7, 11) is 1.69. The number of carbonyl (C=O) groups is 2. The highest BCUT2D eigenvalue weighted by molar-refractivity contribution is 6.01. The van der Waals surface area contributed by atoms with Gasteiger partial charge in [-0.1, -0.05) is 33.1 Å². The molecular formula is C28H37N3O3. The Labute approximate surface area is 203 Å². The number of anilines is 2. The summed E-state index contributed by atoms with van der Waals surface area (Å²) in [5.41, 5.74) is 6.64. The van der Waals surface area contributed by atoms with Crippen molar-refractivity contribution in [1.82, 2.24) is 10.4 Å². The Bertz CT molecular complexity index is 1030. The van der Waals surface area contributed by atoms with Gasteiger partial charge >= 0.3 is 6.03 Å². The van der Waals surface area contributed by atoms with Crippen molar-refractivity contribution in [2.24, 2.45) is 11.8 Å². The first-order chi connectivity index (χ1) is 16.3. The van der Waals surface area contributed by atoms with Crippen molar-refractivity contribution < 1.29 is 14.3 Å². The van der Waals surface area contributed by atoms with Crippen LogP contribution in [0.3, 0.4) is 0 Å². The number of nitrogens with zero attached hydrogens (tertiary/aromatic N) is 2. The fourth-order valence-electron chi connectivity index (χ4n) is 5.77. The number of hydrazine groups is 1. The molecule has 2 aromatic rings. The Morgan fingerprint density at radius 2 is 1.71 bits per heavy atom. The van der Waals surface area contributed by atoms with Gasteiger partial charge in [0.2, 0.25) is 0 Å². The maximum Gasteiger partial charge on any atom is 0.343 e. The maximum atomic E-state index is 14.1. The van der Waals surface area contributed by atoms with Gasteiger partial charge in [0.05, 0.1) is 24.0 Å². The van der Waals surface area contributed by atoms with Crippen LogP contribution < -0.4 is 15.1 Å². The predicted molar refractivity (Wildman–Crippen MR) is 136 cm³/mol. The summed E-state index contributed by atoms with van der Waals surface area (Å²) >= 11 is 0. The third kappa shape index (κ3) is 4.09. The van der Waals surface area contributed by atoms with Gasteiger partial charge in [0.1, 0.15) is 12.0 Å². The molecular weight excluding hydrogens is 426 g/mol. The Balaban J connectivity index is 2.01. The largest absolute Gasteiger partial charge is 0.497 e. The lowest BCUT2D eigenvalue weighted by Gasteiger charge is -2.49. The molecule has 1 N–H and O–H groups in total. The van der Waals surface area contributed by atoms with E-state index in [2.05, 4.69) is 25.3 Å². The zero-order chi connectivity index (χ0) is 24.5. The second-order valence-corrected chi connectivity index (χ2v) is 10.1. The fourth-order valence-corrected chi connectivity index (χ4v) is 5.77. The van der Waals surface area contributed by atoms with E-state index in [1.165, 1.54) is 19.3 Å². The van der Waals surface area contributed by atoms with Crippen molar-refractivity contribution in [3.8, 4) is 5.75 Å². The molecule has 2 aromatic carbocycles. The lowest BCUT2D eigenvalue weighted by molar-refractivity contribution is 0.0222. The molecule has 6 nitrogen and oxygen atoms in total. The zero-order valence-electron chi connectivity index (χ0n) is 21.0. The zero-order valence-corrected chi connectivity index (χ0v) is 21.0. The SMILES string of the molecule is COc1ccc2c(c1)C(C(C)C)(C1CCCCC1)NN(C(C)C)C(=O)N2c1ccc(C=O)cc1. The van der Waals surface area contributed by atoms with Crippen LogP contribution in [-0.2, 0) is 5.54 Å². The predicted octanol–water partition coefficient (Wildman–Crippen LogP) is 6.43. The van der Waals surface area contributed by atoms with Crippen LogP contribution in [0.5, 0.6) is 5.75 Å². The Kier molecular flexibility index (Phi) is 6.99. The van der Waals surface area contributed by atoms with E-state index in [0.29, 0.717) is 11.5 Å². The summed E-state index contributed by atoms with van der Waals surface area (Å²) < 4.78 is 5.67. The Morgan fingerprint density at radius 1 is 1.03 bits per heavy atom. The van der Waals surface area contributed by atoms with Gasteiger partial charge in [0.15, 0.2) is 0 Å². The third-order valence-corrected chi connectivity index (χ3v) is 7.56. The van der Waals surface area contributed by atoms with Gasteiger partial charge in [-0.2, -0.15) is 0 Å².